The first kappa shape index (κ1) is 21.0. The molecule has 8 heteroatoms. The first-order valence-electron chi connectivity index (χ1n) is 9.52. The van der Waals surface area contributed by atoms with Gasteiger partial charge in [0.15, 0.2) is 0 Å². The number of benzene rings is 3. The normalized spacial score (nSPS) is 17.6. The van der Waals surface area contributed by atoms with Gasteiger partial charge in [-0.05, 0) is 48.0 Å². The summed E-state index contributed by atoms with van der Waals surface area (Å²) in [5.74, 6) is -4.16. The van der Waals surface area contributed by atoms with Crippen molar-refractivity contribution in [2.45, 2.75) is 6.04 Å². The molecule has 32 heavy (non-hydrogen) atoms. The first-order valence-corrected chi connectivity index (χ1v) is 9.52. The lowest BCUT2D eigenvalue weighted by Gasteiger charge is -2.26. The molecule has 1 atom stereocenters. The number of phenolic OH excluding ortho intramolecular Hbond substituents is 1. The quantitative estimate of drug-likeness (QED) is 0.361. The van der Waals surface area contributed by atoms with Gasteiger partial charge in [0, 0.05) is 0 Å². The van der Waals surface area contributed by atoms with Gasteiger partial charge in [-0.3, -0.25) is 14.5 Å². The fourth-order valence-electron chi connectivity index (χ4n) is 3.72. The van der Waals surface area contributed by atoms with E-state index in [0.717, 1.165) is 29.2 Å². The third kappa shape index (κ3) is 3.45. The molecular weight excluding hydrogens is 420 g/mol. The fourth-order valence-corrected chi connectivity index (χ4v) is 3.72. The molecule has 1 heterocycles. The van der Waals surface area contributed by atoms with Gasteiger partial charge in [-0.2, -0.15) is 0 Å². The molecule has 2 N–H and O–H groups in total. The van der Waals surface area contributed by atoms with E-state index in [1.54, 1.807) is 12.1 Å². The predicted molar refractivity (Wildman–Crippen MR) is 112 cm³/mol. The van der Waals surface area contributed by atoms with Gasteiger partial charge >= 0.3 is 0 Å². The average molecular weight is 437 g/mol. The largest absolute Gasteiger partial charge is 0.507 e. The molecule has 6 nitrogen and oxygen atoms in total. The van der Waals surface area contributed by atoms with Gasteiger partial charge in [-0.15, -0.1) is 0 Å². The number of halogens is 2. The summed E-state index contributed by atoms with van der Waals surface area (Å²) >= 11 is 0. The number of nitrogens with zero attached hydrogens (tertiary/aromatic N) is 1. The summed E-state index contributed by atoms with van der Waals surface area (Å²) in [5, 5.41) is 21.4. The van der Waals surface area contributed by atoms with Crippen molar-refractivity contribution in [3.8, 4) is 11.5 Å². The van der Waals surface area contributed by atoms with Gasteiger partial charge < -0.3 is 14.9 Å². The molecule has 0 spiro atoms. The number of para-hydroxylation sites is 2. The monoisotopic (exact) mass is 437 g/mol. The minimum Gasteiger partial charge on any atom is -0.507 e. The lowest BCUT2D eigenvalue weighted by Crippen LogP contribution is -2.29. The number of ketones is 1. The smallest absolute Gasteiger partial charge is 0.300 e. The second-order valence-electron chi connectivity index (χ2n) is 7.05. The van der Waals surface area contributed by atoms with E-state index in [0.29, 0.717) is 5.56 Å². The van der Waals surface area contributed by atoms with E-state index >= 15 is 0 Å². The van der Waals surface area contributed by atoms with E-state index in [1.165, 1.54) is 37.4 Å². The Hall–Kier alpha value is -4.20. The average Bonchev–Trinajstić information content (AvgIpc) is 3.04. The van der Waals surface area contributed by atoms with Crippen molar-refractivity contribution in [3.05, 3.63) is 95.1 Å². The van der Waals surface area contributed by atoms with Crippen molar-refractivity contribution in [1.29, 1.82) is 0 Å². The third-order valence-electron chi connectivity index (χ3n) is 5.19. The number of aromatic hydroxyl groups is 1. The number of hydrogen-bond acceptors (Lipinski definition) is 5. The number of ether oxygens (including phenoxy) is 1. The molecule has 1 aliphatic rings. The summed E-state index contributed by atoms with van der Waals surface area (Å²) < 4.78 is 32.7. The Balaban J connectivity index is 2.01. The van der Waals surface area contributed by atoms with E-state index in [1.807, 2.05) is 0 Å². The molecule has 1 fully saturated rings. The molecule has 3 aromatic rings. The van der Waals surface area contributed by atoms with Gasteiger partial charge in [0.2, 0.25) is 0 Å². The highest BCUT2D eigenvalue weighted by molar-refractivity contribution is 6.52. The van der Waals surface area contributed by atoms with E-state index in [-0.39, 0.29) is 28.3 Å². The zero-order valence-corrected chi connectivity index (χ0v) is 16.8. The standard InChI is InChI=1S/C24H17F2NO5/c1-32-19-11-10-15(26)12-16(19)22(29)20-21(13-6-8-14(25)9-7-13)27(24(31)23(20)30)17-4-2-3-5-18(17)28/h2-12,21,28-29H,1H3/b22-20+. The Kier molecular flexibility index (Phi) is 5.36. The van der Waals surface area contributed by atoms with E-state index in [4.69, 9.17) is 4.74 Å². The van der Waals surface area contributed by atoms with E-state index < -0.39 is 35.1 Å². The minimum atomic E-state index is -1.21. The van der Waals surface area contributed by atoms with Crippen LogP contribution in [0.3, 0.4) is 0 Å². The summed E-state index contributed by atoms with van der Waals surface area (Å²) in [6.45, 7) is 0. The van der Waals surface area contributed by atoms with E-state index in [9.17, 15) is 28.6 Å². The highest BCUT2D eigenvalue weighted by Crippen LogP contribution is 2.45. The Bertz CT molecular complexity index is 1250. The SMILES string of the molecule is COc1ccc(F)cc1/C(O)=C1\C(=O)C(=O)N(c2ccccc2O)C1c1ccc(F)cc1. The summed E-state index contributed by atoms with van der Waals surface area (Å²) in [5.41, 5.74) is -0.163. The van der Waals surface area contributed by atoms with Crippen molar-refractivity contribution in [2.24, 2.45) is 0 Å². The predicted octanol–water partition coefficient (Wildman–Crippen LogP) is 4.31. The molecule has 0 bridgehead atoms. The number of Topliss-reactive ketones (excluding diaryl/α,β-unsaturated/α-hetero) is 1. The van der Waals surface area contributed by atoms with Crippen LogP contribution in [0.4, 0.5) is 14.5 Å². The second-order valence-corrected chi connectivity index (χ2v) is 7.05. The van der Waals surface area contributed by atoms with Crippen LogP contribution in [0.5, 0.6) is 11.5 Å². The van der Waals surface area contributed by atoms with Crippen molar-refractivity contribution < 1.29 is 33.3 Å². The van der Waals surface area contributed by atoms with Crippen molar-refractivity contribution in [3.63, 3.8) is 0 Å². The highest BCUT2D eigenvalue weighted by Gasteiger charge is 2.47. The van der Waals surface area contributed by atoms with Gasteiger partial charge in [-0.25, -0.2) is 8.78 Å². The molecule has 1 saturated heterocycles. The molecule has 1 unspecified atom stereocenters. The first-order chi connectivity index (χ1) is 15.3. The van der Waals surface area contributed by atoms with Crippen LogP contribution in [0.1, 0.15) is 17.2 Å². The number of anilines is 1. The number of rotatable bonds is 4. The molecule has 0 radical (unpaired) electrons. The topological polar surface area (TPSA) is 87.1 Å². The number of carbonyl (C=O) groups excluding carboxylic acids is 2. The zero-order valence-electron chi connectivity index (χ0n) is 16.8. The molecule has 3 aromatic carbocycles. The van der Waals surface area contributed by atoms with Crippen molar-refractivity contribution >= 4 is 23.1 Å². The minimum absolute atomic E-state index is 0.0224. The Morgan fingerprint density at radius 2 is 1.62 bits per heavy atom. The summed E-state index contributed by atoms with van der Waals surface area (Å²) in [7, 11) is 1.31. The molecule has 0 aliphatic carbocycles. The lowest BCUT2D eigenvalue weighted by atomic mass is 9.94. The molecule has 4 rings (SSSR count). The van der Waals surface area contributed by atoms with Crippen LogP contribution in [0, 0.1) is 11.6 Å². The molecule has 0 saturated carbocycles. The number of methoxy groups -OCH3 is 1. The van der Waals surface area contributed by atoms with Crippen LogP contribution in [-0.2, 0) is 9.59 Å². The lowest BCUT2D eigenvalue weighted by molar-refractivity contribution is -0.132. The van der Waals surface area contributed by atoms with Crippen LogP contribution >= 0.6 is 0 Å². The molecule has 1 aliphatic heterocycles. The number of aliphatic hydroxyl groups excluding tert-OH is 1. The molecular formula is C24H17F2NO5. The van der Waals surface area contributed by atoms with Gasteiger partial charge in [0.05, 0.1) is 30.0 Å². The molecule has 1 amide bonds. The van der Waals surface area contributed by atoms with Gasteiger partial charge in [-0.1, -0.05) is 24.3 Å². The Morgan fingerprint density at radius 3 is 2.28 bits per heavy atom. The van der Waals surface area contributed by atoms with Crippen molar-refractivity contribution in [1.82, 2.24) is 0 Å². The summed E-state index contributed by atoms with van der Waals surface area (Å²) in [6, 6.07) is 13.0. The van der Waals surface area contributed by atoms with Crippen LogP contribution in [0.2, 0.25) is 0 Å². The van der Waals surface area contributed by atoms with Gasteiger partial charge in [0.25, 0.3) is 11.7 Å². The number of phenols is 1. The Morgan fingerprint density at radius 1 is 0.969 bits per heavy atom. The third-order valence-corrected chi connectivity index (χ3v) is 5.19. The Labute approximate surface area is 181 Å². The van der Waals surface area contributed by atoms with Crippen molar-refractivity contribution in [2.75, 3.05) is 12.0 Å². The summed E-state index contributed by atoms with van der Waals surface area (Å²) in [4.78, 5) is 27.1. The zero-order chi connectivity index (χ0) is 23.0. The number of aliphatic hydroxyl groups is 1. The van der Waals surface area contributed by atoms with E-state index in [2.05, 4.69) is 0 Å². The second kappa shape index (κ2) is 8.14. The number of amides is 1. The van der Waals surface area contributed by atoms with Crippen LogP contribution in [0.25, 0.3) is 5.76 Å². The maximum Gasteiger partial charge on any atom is 0.300 e. The maximum atomic E-state index is 13.9. The van der Waals surface area contributed by atoms with Crippen LogP contribution in [0.15, 0.2) is 72.3 Å². The van der Waals surface area contributed by atoms with Crippen LogP contribution < -0.4 is 9.64 Å². The van der Waals surface area contributed by atoms with Gasteiger partial charge in [0.1, 0.15) is 28.9 Å². The number of carbonyl (C=O) groups is 2. The fraction of sp³-hybridized carbons (Fsp3) is 0.0833. The number of hydrogen-bond donors (Lipinski definition) is 2. The maximum absolute atomic E-state index is 13.9. The molecule has 162 valence electrons. The highest BCUT2D eigenvalue weighted by atomic mass is 19.1. The summed E-state index contributed by atoms with van der Waals surface area (Å²) in [6.07, 6.45) is 0. The molecule has 0 aromatic heterocycles. The van der Waals surface area contributed by atoms with Crippen LogP contribution in [-0.4, -0.2) is 29.0 Å².